The Hall–Kier alpha value is -2.79. The van der Waals surface area contributed by atoms with Gasteiger partial charge in [-0.05, 0) is 69.0 Å². The smallest absolute Gasteiger partial charge is 0.127 e. The minimum Gasteiger partial charge on any atom is -0.508 e. The fourth-order valence-corrected chi connectivity index (χ4v) is 4.20. The van der Waals surface area contributed by atoms with Crippen LogP contribution in [0.5, 0.6) is 11.5 Å². The first-order valence-electron chi connectivity index (χ1n) is 10.8. The lowest BCUT2D eigenvalue weighted by Gasteiger charge is -2.32. The Morgan fingerprint density at radius 3 is 2.67 bits per heavy atom. The minimum absolute atomic E-state index is 0.0915. The number of aryl methyl sites for hydroxylation is 1. The maximum atomic E-state index is 10.0. The predicted octanol–water partition coefficient (Wildman–Crippen LogP) is 5.11. The second-order valence-electron chi connectivity index (χ2n) is 8.54. The molecule has 1 aliphatic heterocycles. The molecular weight excluding hydrogens is 374 g/mol. The van der Waals surface area contributed by atoms with Gasteiger partial charge in [0.05, 0.1) is 11.6 Å². The standard InChI is InChI=1S/C25H31N3O2/c1-17(2)30-22-14-19(13-21(29)15-22)16-28-10-8-20(9-11-28)26-25-12-18(3)23-6-4-5-7-24(23)27-25/h4-7,12-15,17,20,29H,8-11,16H2,1-3H3,(H,26,27). The number of hydrogen-bond donors (Lipinski definition) is 2. The lowest BCUT2D eigenvalue weighted by atomic mass is 10.0. The van der Waals surface area contributed by atoms with E-state index in [-0.39, 0.29) is 11.9 Å². The summed E-state index contributed by atoms with van der Waals surface area (Å²) in [6, 6.07) is 16.4. The monoisotopic (exact) mass is 405 g/mol. The van der Waals surface area contributed by atoms with Crippen LogP contribution in [0.15, 0.2) is 48.5 Å². The summed E-state index contributed by atoms with van der Waals surface area (Å²) in [6.07, 6.45) is 2.23. The highest BCUT2D eigenvalue weighted by Crippen LogP contribution is 2.26. The molecule has 1 fully saturated rings. The molecule has 1 aromatic heterocycles. The number of phenolic OH excluding ortho intramolecular Hbond substituents is 1. The van der Waals surface area contributed by atoms with Crippen molar-refractivity contribution in [3.63, 3.8) is 0 Å². The number of para-hydroxylation sites is 1. The number of pyridine rings is 1. The number of phenols is 1. The van der Waals surface area contributed by atoms with Gasteiger partial charge in [-0.1, -0.05) is 18.2 Å². The van der Waals surface area contributed by atoms with Crippen LogP contribution >= 0.6 is 0 Å². The Labute approximate surface area is 178 Å². The molecule has 1 aliphatic rings. The molecule has 30 heavy (non-hydrogen) atoms. The van der Waals surface area contributed by atoms with Crippen molar-refractivity contribution in [2.24, 2.45) is 0 Å². The molecule has 2 N–H and O–H groups in total. The van der Waals surface area contributed by atoms with E-state index in [0.717, 1.165) is 55.1 Å². The second kappa shape index (κ2) is 8.92. The molecule has 0 radical (unpaired) electrons. The maximum Gasteiger partial charge on any atom is 0.127 e. The van der Waals surface area contributed by atoms with E-state index in [9.17, 15) is 5.11 Å². The van der Waals surface area contributed by atoms with Crippen LogP contribution in [0, 0.1) is 6.92 Å². The van der Waals surface area contributed by atoms with Gasteiger partial charge in [0.1, 0.15) is 17.3 Å². The van der Waals surface area contributed by atoms with Gasteiger partial charge in [-0.2, -0.15) is 0 Å². The topological polar surface area (TPSA) is 57.6 Å². The van der Waals surface area contributed by atoms with E-state index >= 15 is 0 Å². The van der Waals surface area contributed by atoms with E-state index in [1.165, 1.54) is 10.9 Å². The first kappa shape index (κ1) is 20.5. The zero-order chi connectivity index (χ0) is 21.1. The number of ether oxygens (including phenoxy) is 1. The SMILES string of the molecule is Cc1cc(NC2CCN(Cc3cc(O)cc(OC(C)C)c3)CC2)nc2ccccc12. The van der Waals surface area contributed by atoms with Crippen molar-refractivity contribution < 1.29 is 9.84 Å². The number of aromatic hydroxyl groups is 1. The highest BCUT2D eigenvalue weighted by atomic mass is 16.5. The molecule has 3 aromatic rings. The largest absolute Gasteiger partial charge is 0.508 e. The molecule has 2 heterocycles. The molecule has 0 spiro atoms. The summed E-state index contributed by atoms with van der Waals surface area (Å²) >= 11 is 0. The summed E-state index contributed by atoms with van der Waals surface area (Å²) in [5.41, 5.74) is 3.38. The molecule has 5 heteroatoms. The van der Waals surface area contributed by atoms with Crippen LogP contribution < -0.4 is 10.1 Å². The van der Waals surface area contributed by atoms with Gasteiger partial charge in [-0.25, -0.2) is 4.98 Å². The quantitative estimate of drug-likeness (QED) is 0.597. The number of anilines is 1. The van der Waals surface area contributed by atoms with Gasteiger partial charge in [-0.15, -0.1) is 0 Å². The average Bonchev–Trinajstić information content (AvgIpc) is 2.68. The second-order valence-corrected chi connectivity index (χ2v) is 8.54. The number of rotatable bonds is 6. The molecular formula is C25H31N3O2. The first-order chi connectivity index (χ1) is 14.5. The van der Waals surface area contributed by atoms with E-state index in [1.807, 2.05) is 32.0 Å². The normalized spacial score (nSPS) is 15.6. The summed E-state index contributed by atoms with van der Waals surface area (Å²) < 4.78 is 5.75. The summed E-state index contributed by atoms with van der Waals surface area (Å²) in [6.45, 7) is 8.98. The lowest BCUT2D eigenvalue weighted by Crippen LogP contribution is -2.38. The van der Waals surface area contributed by atoms with Gasteiger partial charge in [0.2, 0.25) is 0 Å². The molecule has 0 amide bonds. The molecule has 5 nitrogen and oxygen atoms in total. The van der Waals surface area contributed by atoms with Crippen molar-refractivity contribution in [3.8, 4) is 11.5 Å². The number of hydrogen-bond acceptors (Lipinski definition) is 5. The Morgan fingerprint density at radius 2 is 1.90 bits per heavy atom. The zero-order valence-corrected chi connectivity index (χ0v) is 18.1. The van der Waals surface area contributed by atoms with Gasteiger partial charge in [0.15, 0.2) is 0 Å². The van der Waals surface area contributed by atoms with Gasteiger partial charge in [0, 0.05) is 37.1 Å². The molecule has 0 bridgehead atoms. The zero-order valence-electron chi connectivity index (χ0n) is 18.1. The molecule has 0 aliphatic carbocycles. The van der Waals surface area contributed by atoms with Gasteiger partial charge in [0.25, 0.3) is 0 Å². The highest BCUT2D eigenvalue weighted by Gasteiger charge is 2.20. The van der Waals surface area contributed by atoms with Crippen molar-refractivity contribution in [3.05, 3.63) is 59.7 Å². The number of piperidine rings is 1. The lowest BCUT2D eigenvalue weighted by molar-refractivity contribution is 0.209. The fourth-order valence-electron chi connectivity index (χ4n) is 4.20. The van der Waals surface area contributed by atoms with E-state index in [4.69, 9.17) is 9.72 Å². The van der Waals surface area contributed by atoms with Crippen molar-refractivity contribution in [2.75, 3.05) is 18.4 Å². The molecule has 0 unspecified atom stereocenters. The average molecular weight is 406 g/mol. The summed E-state index contributed by atoms with van der Waals surface area (Å²) in [5.74, 6) is 1.96. The minimum atomic E-state index is 0.0915. The van der Waals surface area contributed by atoms with Crippen LogP contribution in [0.25, 0.3) is 10.9 Å². The van der Waals surface area contributed by atoms with E-state index < -0.39 is 0 Å². The number of likely N-dealkylation sites (tertiary alicyclic amines) is 1. The third kappa shape index (κ3) is 5.03. The summed E-state index contributed by atoms with van der Waals surface area (Å²) in [5, 5.41) is 14.9. The Balaban J connectivity index is 1.35. The highest BCUT2D eigenvalue weighted by molar-refractivity contribution is 5.83. The van der Waals surface area contributed by atoms with Crippen molar-refractivity contribution in [2.45, 2.75) is 52.3 Å². The molecule has 0 atom stereocenters. The van der Waals surface area contributed by atoms with Gasteiger partial charge in [-0.3, -0.25) is 4.90 Å². The summed E-state index contributed by atoms with van der Waals surface area (Å²) in [7, 11) is 0. The van der Waals surface area contributed by atoms with Crippen LogP contribution in [-0.2, 0) is 6.54 Å². The first-order valence-corrected chi connectivity index (χ1v) is 10.8. The van der Waals surface area contributed by atoms with Crippen LogP contribution in [0.3, 0.4) is 0 Å². The van der Waals surface area contributed by atoms with Crippen LogP contribution in [0.4, 0.5) is 5.82 Å². The number of nitrogens with zero attached hydrogens (tertiary/aromatic N) is 2. The molecule has 4 rings (SSSR count). The van der Waals surface area contributed by atoms with Crippen molar-refractivity contribution in [1.29, 1.82) is 0 Å². The van der Waals surface area contributed by atoms with Crippen LogP contribution in [0.2, 0.25) is 0 Å². The van der Waals surface area contributed by atoms with E-state index in [2.05, 4.69) is 41.4 Å². The third-order valence-electron chi connectivity index (χ3n) is 5.59. The molecule has 2 aromatic carbocycles. The number of aromatic nitrogens is 1. The van der Waals surface area contributed by atoms with E-state index in [0.29, 0.717) is 6.04 Å². The fraction of sp³-hybridized carbons (Fsp3) is 0.400. The predicted molar refractivity (Wildman–Crippen MR) is 122 cm³/mol. The molecule has 0 saturated carbocycles. The Bertz CT molecular complexity index is 1010. The van der Waals surface area contributed by atoms with Gasteiger partial charge < -0.3 is 15.2 Å². The maximum absolute atomic E-state index is 10.0. The Kier molecular flexibility index (Phi) is 6.09. The summed E-state index contributed by atoms with van der Waals surface area (Å²) in [4.78, 5) is 7.23. The molecule has 158 valence electrons. The number of benzene rings is 2. The number of fused-ring (bicyclic) bond motifs is 1. The van der Waals surface area contributed by atoms with Crippen molar-refractivity contribution in [1.82, 2.24) is 9.88 Å². The molecule has 1 saturated heterocycles. The van der Waals surface area contributed by atoms with E-state index in [1.54, 1.807) is 6.07 Å². The van der Waals surface area contributed by atoms with Crippen LogP contribution in [0.1, 0.15) is 37.8 Å². The van der Waals surface area contributed by atoms with Gasteiger partial charge >= 0.3 is 0 Å². The Morgan fingerprint density at radius 1 is 1.13 bits per heavy atom. The third-order valence-corrected chi connectivity index (χ3v) is 5.59. The number of nitrogens with one attached hydrogen (secondary N) is 1. The van der Waals surface area contributed by atoms with Crippen LogP contribution in [-0.4, -0.2) is 40.2 Å². The van der Waals surface area contributed by atoms with Crippen molar-refractivity contribution >= 4 is 16.7 Å².